The molecule has 9 heteroatoms. The van der Waals surface area contributed by atoms with E-state index in [2.05, 4.69) is 51.2 Å². The van der Waals surface area contributed by atoms with E-state index in [1.165, 1.54) is 35.9 Å². The summed E-state index contributed by atoms with van der Waals surface area (Å²) in [5.74, 6) is 2.92. The number of carbonyl (C=O) groups is 2. The fraction of sp³-hybridized carbons (Fsp3) is 0.625. The minimum absolute atomic E-state index is 0.0107. The Labute approximate surface area is 291 Å². The number of nitrogens with zero attached hydrogens (tertiary/aromatic N) is 6. The molecule has 4 aliphatic rings. The molecule has 0 radical (unpaired) electrons. The first-order valence-corrected chi connectivity index (χ1v) is 18.7. The fourth-order valence-electron chi connectivity index (χ4n) is 9.93. The third-order valence-electron chi connectivity index (χ3n) is 12.4. The Morgan fingerprint density at radius 1 is 1.00 bits per heavy atom. The number of halogens is 1. The SMILES string of the molecule is CCN(C(=O)c1cc(F)ccc1-n1cc(CC2CN(C(C(C)C)[C@H]3C[C@@H](N4C[C@H]5CN(C(C)=O)C[C@@H]5C4)C3)C2)c2c(C)cncc21)C(C)C. The maximum absolute atomic E-state index is 14.6. The van der Waals surface area contributed by atoms with Gasteiger partial charge in [-0.25, -0.2) is 4.39 Å². The summed E-state index contributed by atoms with van der Waals surface area (Å²) in [5.41, 5.74) is 4.42. The number of aryl methyl sites for hydroxylation is 1. The summed E-state index contributed by atoms with van der Waals surface area (Å²) in [7, 11) is 0. The average Bonchev–Trinajstić information content (AvgIpc) is 3.69. The van der Waals surface area contributed by atoms with Crippen molar-refractivity contribution in [2.75, 3.05) is 45.8 Å². The molecule has 1 saturated carbocycles. The Morgan fingerprint density at radius 3 is 2.31 bits per heavy atom. The van der Waals surface area contributed by atoms with E-state index < -0.39 is 5.82 Å². The number of rotatable bonds is 10. The van der Waals surface area contributed by atoms with Crippen molar-refractivity contribution in [3.63, 3.8) is 0 Å². The Bertz CT molecular complexity index is 1690. The van der Waals surface area contributed by atoms with Crippen LogP contribution in [0.15, 0.2) is 36.8 Å². The number of benzene rings is 1. The molecule has 0 N–H and O–H groups in total. The summed E-state index contributed by atoms with van der Waals surface area (Å²) in [6.45, 7) is 21.6. The molecule has 264 valence electrons. The van der Waals surface area contributed by atoms with Gasteiger partial charge in [0.2, 0.25) is 5.91 Å². The van der Waals surface area contributed by atoms with Crippen molar-refractivity contribution in [1.29, 1.82) is 0 Å². The molecule has 1 aliphatic carbocycles. The molecule has 49 heavy (non-hydrogen) atoms. The molecule has 2 amide bonds. The predicted octanol–water partition coefficient (Wildman–Crippen LogP) is 6.03. The Hall–Kier alpha value is -3.30. The van der Waals surface area contributed by atoms with Gasteiger partial charge in [-0.2, -0.15) is 0 Å². The minimum Gasteiger partial charge on any atom is -0.342 e. The second-order valence-electron chi connectivity index (χ2n) is 16.3. The highest BCUT2D eigenvalue weighted by Crippen LogP contribution is 2.44. The van der Waals surface area contributed by atoms with E-state index in [9.17, 15) is 14.0 Å². The lowest BCUT2D eigenvalue weighted by molar-refractivity contribution is -0.128. The molecule has 3 saturated heterocycles. The Morgan fingerprint density at radius 2 is 1.69 bits per heavy atom. The number of hydrogen-bond acceptors (Lipinski definition) is 5. The van der Waals surface area contributed by atoms with Crippen LogP contribution in [0.25, 0.3) is 16.6 Å². The maximum atomic E-state index is 14.6. The molecule has 7 rings (SSSR count). The van der Waals surface area contributed by atoms with Gasteiger partial charge < -0.3 is 14.4 Å². The van der Waals surface area contributed by atoms with E-state index in [1.807, 2.05) is 33.2 Å². The van der Waals surface area contributed by atoms with Crippen LogP contribution in [0.3, 0.4) is 0 Å². The topological polar surface area (TPSA) is 64.9 Å². The van der Waals surface area contributed by atoms with Gasteiger partial charge in [0.05, 0.1) is 23.0 Å². The second kappa shape index (κ2) is 13.4. The maximum Gasteiger partial charge on any atom is 0.256 e. The lowest BCUT2D eigenvalue weighted by Crippen LogP contribution is -2.60. The van der Waals surface area contributed by atoms with Crippen LogP contribution in [-0.4, -0.2) is 105 Å². The summed E-state index contributed by atoms with van der Waals surface area (Å²) in [6.07, 6.45) is 9.54. The molecule has 3 aromatic rings. The van der Waals surface area contributed by atoms with Crippen LogP contribution in [0.2, 0.25) is 0 Å². The number of likely N-dealkylation sites (tertiary alicyclic amines) is 3. The minimum atomic E-state index is -0.408. The summed E-state index contributed by atoms with van der Waals surface area (Å²) in [5, 5.41) is 1.19. The lowest BCUT2D eigenvalue weighted by atomic mass is 9.70. The summed E-state index contributed by atoms with van der Waals surface area (Å²) in [6, 6.07) is 5.90. The number of hydrogen-bond donors (Lipinski definition) is 0. The van der Waals surface area contributed by atoms with Crippen LogP contribution in [-0.2, 0) is 11.2 Å². The first-order valence-electron chi connectivity index (χ1n) is 18.7. The van der Waals surface area contributed by atoms with Gasteiger partial charge in [-0.1, -0.05) is 13.8 Å². The highest BCUT2D eigenvalue weighted by atomic mass is 19.1. The Balaban J connectivity index is 1.03. The third-order valence-corrected chi connectivity index (χ3v) is 12.4. The number of fused-ring (bicyclic) bond motifs is 2. The lowest BCUT2D eigenvalue weighted by Gasteiger charge is -2.54. The molecule has 8 nitrogen and oxygen atoms in total. The number of aromatic nitrogens is 2. The largest absolute Gasteiger partial charge is 0.342 e. The van der Waals surface area contributed by atoms with Crippen LogP contribution in [0.4, 0.5) is 4.39 Å². The van der Waals surface area contributed by atoms with Crippen LogP contribution in [0, 0.1) is 42.3 Å². The van der Waals surface area contributed by atoms with Crippen molar-refractivity contribution >= 4 is 22.7 Å². The Kier molecular flexibility index (Phi) is 9.37. The zero-order chi connectivity index (χ0) is 34.7. The van der Waals surface area contributed by atoms with Gasteiger partial charge in [-0.3, -0.25) is 24.4 Å². The van der Waals surface area contributed by atoms with E-state index in [0.29, 0.717) is 53.6 Å². The fourth-order valence-corrected chi connectivity index (χ4v) is 9.93. The molecular weight excluding hydrogens is 615 g/mol. The van der Waals surface area contributed by atoms with Crippen molar-refractivity contribution in [1.82, 2.24) is 29.2 Å². The molecule has 3 atom stereocenters. The highest BCUT2D eigenvalue weighted by Gasteiger charge is 2.49. The molecule has 0 bridgehead atoms. The van der Waals surface area contributed by atoms with Crippen molar-refractivity contribution in [2.45, 2.75) is 85.9 Å². The highest BCUT2D eigenvalue weighted by molar-refractivity contribution is 5.99. The summed E-state index contributed by atoms with van der Waals surface area (Å²) in [4.78, 5) is 39.5. The smallest absolute Gasteiger partial charge is 0.256 e. The molecule has 1 aromatic carbocycles. The van der Waals surface area contributed by atoms with Crippen molar-refractivity contribution in [2.24, 2.45) is 29.6 Å². The van der Waals surface area contributed by atoms with Gasteiger partial charge in [-0.15, -0.1) is 0 Å². The van der Waals surface area contributed by atoms with Gasteiger partial charge in [-0.05, 0) is 106 Å². The van der Waals surface area contributed by atoms with Gasteiger partial charge in [0.15, 0.2) is 0 Å². The summed E-state index contributed by atoms with van der Waals surface area (Å²) >= 11 is 0. The van der Waals surface area contributed by atoms with Crippen molar-refractivity contribution in [3.05, 3.63) is 59.3 Å². The number of amides is 2. The van der Waals surface area contributed by atoms with Crippen LogP contribution >= 0.6 is 0 Å². The number of carbonyl (C=O) groups excluding carboxylic acids is 2. The molecular formula is C40H55FN6O2. The average molecular weight is 671 g/mol. The van der Waals surface area contributed by atoms with E-state index in [4.69, 9.17) is 0 Å². The second-order valence-corrected chi connectivity index (χ2v) is 16.3. The molecule has 0 spiro atoms. The molecule has 2 aromatic heterocycles. The predicted molar refractivity (Wildman–Crippen MR) is 192 cm³/mol. The monoisotopic (exact) mass is 670 g/mol. The molecule has 4 fully saturated rings. The third kappa shape index (κ3) is 6.30. The molecule has 5 heterocycles. The van der Waals surface area contributed by atoms with Crippen LogP contribution in [0.1, 0.15) is 75.9 Å². The van der Waals surface area contributed by atoms with Crippen molar-refractivity contribution < 1.29 is 14.0 Å². The standard InChI is InChI=1S/C40H55FN6O2/c1-8-46(25(4)5)40(49)35-14-33(41)9-10-36(35)47-23-30(38-26(6)15-42-16-37(38)47)11-28-17-45(18-28)39(24(2)3)29-12-34(13-29)44-21-31-19-43(27(7)48)20-32(31)22-44/h9-10,14-16,23-25,28-29,31-32,34,39H,8,11-13,17-22H2,1-7H3/t29-,31-,32-,34+,39?/m1/s1. The zero-order valence-corrected chi connectivity index (χ0v) is 30.5. The zero-order valence-electron chi connectivity index (χ0n) is 30.5. The first kappa shape index (κ1) is 34.2. The van der Waals surface area contributed by atoms with E-state index in [0.717, 1.165) is 62.7 Å². The van der Waals surface area contributed by atoms with E-state index in [1.54, 1.807) is 17.9 Å². The molecule has 1 unspecified atom stereocenters. The van der Waals surface area contributed by atoms with Gasteiger partial charge in [0, 0.05) is 88.6 Å². The van der Waals surface area contributed by atoms with Crippen molar-refractivity contribution in [3.8, 4) is 5.69 Å². The van der Waals surface area contributed by atoms with E-state index in [-0.39, 0.29) is 17.9 Å². The first-order chi connectivity index (χ1) is 23.4. The quantitative estimate of drug-likeness (QED) is 0.264. The van der Waals surface area contributed by atoms with Gasteiger partial charge >= 0.3 is 0 Å². The normalized spacial score (nSPS) is 25.2. The van der Waals surface area contributed by atoms with Gasteiger partial charge in [0.25, 0.3) is 5.91 Å². The van der Waals surface area contributed by atoms with Crippen LogP contribution < -0.4 is 0 Å². The van der Waals surface area contributed by atoms with E-state index >= 15 is 0 Å². The number of pyridine rings is 1. The van der Waals surface area contributed by atoms with Gasteiger partial charge in [0.1, 0.15) is 5.82 Å². The molecule has 3 aliphatic heterocycles. The van der Waals surface area contributed by atoms with Crippen LogP contribution in [0.5, 0.6) is 0 Å². The summed E-state index contributed by atoms with van der Waals surface area (Å²) < 4.78 is 16.7.